The van der Waals surface area contributed by atoms with Crippen LogP contribution in [0, 0.1) is 0 Å². The number of alkyl halides is 6. The second-order valence-electron chi connectivity index (χ2n) is 9.86. The van der Waals surface area contributed by atoms with Crippen LogP contribution in [0.1, 0.15) is 30.4 Å². The molecular weight excluding hydrogens is 608 g/mol. The van der Waals surface area contributed by atoms with Crippen molar-refractivity contribution in [2.45, 2.75) is 31.6 Å². The predicted octanol–water partition coefficient (Wildman–Crippen LogP) is 8.65. The predicted molar refractivity (Wildman–Crippen MR) is 157 cm³/mol. The Morgan fingerprint density at radius 1 is 0.537 bits per heavy atom. The SMILES string of the molecule is C1CNCCN1.FC(F)(F)c1ccc(Br)c2ccccc12.FC(F)(F)c1ccc(N2CCCCC2)c2ccccc12. The van der Waals surface area contributed by atoms with Crippen molar-refractivity contribution in [1.29, 1.82) is 0 Å². The normalized spacial score (nSPS) is 16.0. The minimum Gasteiger partial charge on any atom is -0.371 e. The second kappa shape index (κ2) is 13.9. The molecule has 0 amide bonds. The molecule has 2 fully saturated rings. The van der Waals surface area contributed by atoms with Crippen molar-refractivity contribution in [3.05, 3.63) is 88.4 Å². The number of hydrogen-bond donors (Lipinski definition) is 2. The topological polar surface area (TPSA) is 27.3 Å². The summed E-state index contributed by atoms with van der Waals surface area (Å²) in [4.78, 5) is 2.20. The summed E-state index contributed by atoms with van der Waals surface area (Å²) in [5, 5.41) is 8.24. The molecule has 0 spiro atoms. The lowest BCUT2D eigenvalue weighted by atomic mass is 10.0. The molecule has 0 aromatic heterocycles. The highest BCUT2D eigenvalue weighted by Crippen LogP contribution is 2.39. The Balaban J connectivity index is 0.000000161. The number of benzene rings is 4. The average molecular weight is 641 g/mol. The zero-order valence-electron chi connectivity index (χ0n) is 22.4. The van der Waals surface area contributed by atoms with E-state index in [0.717, 1.165) is 63.9 Å². The fourth-order valence-electron chi connectivity index (χ4n) is 5.05. The van der Waals surface area contributed by atoms with Gasteiger partial charge >= 0.3 is 12.4 Å². The fourth-order valence-corrected chi connectivity index (χ4v) is 5.53. The molecule has 2 aliphatic rings. The Morgan fingerprint density at radius 2 is 0.976 bits per heavy atom. The summed E-state index contributed by atoms with van der Waals surface area (Å²) >= 11 is 3.23. The van der Waals surface area contributed by atoms with E-state index in [4.69, 9.17) is 0 Å². The first-order valence-corrected chi connectivity index (χ1v) is 14.4. The standard InChI is InChI=1S/C16H16F3N.C11H6BrF3.C4H10N2/c17-16(18,19)14-8-9-15(20-10-4-1-5-11-20)13-7-3-2-6-12(13)14;12-10-6-5-9(11(13,14)15)7-3-1-2-4-8(7)10;1-2-6-4-3-5-1/h2-3,6-9H,1,4-5,10-11H2;1-6H;5-6H,1-4H2. The molecule has 41 heavy (non-hydrogen) atoms. The molecule has 0 aliphatic carbocycles. The molecule has 220 valence electrons. The van der Waals surface area contributed by atoms with E-state index in [1.807, 2.05) is 0 Å². The number of nitrogens with zero attached hydrogens (tertiary/aromatic N) is 1. The van der Waals surface area contributed by atoms with Gasteiger partial charge in [-0.3, -0.25) is 0 Å². The van der Waals surface area contributed by atoms with Gasteiger partial charge in [0.15, 0.2) is 0 Å². The number of hydrogen-bond acceptors (Lipinski definition) is 3. The van der Waals surface area contributed by atoms with E-state index < -0.39 is 23.5 Å². The van der Waals surface area contributed by atoms with Gasteiger partial charge in [0, 0.05) is 54.8 Å². The Kier molecular flexibility index (Phi) is 10.5. The van der Waals surface area contributed by atoms with Crippen LogP contribution in [0.25, 0.3) is 21.5 Å². The lowest BCUT2D eigenvalue weighted by molar-refractivity contribution is -0.137. The Hall–Kier alpha value is -2.82. The lowest BCUT2D eigenvalue weighted by Crippen LogP contribution is -2.39. The molecule has 2 aliphatic heterocycles. The van der Waals surface area contributed by atoms with Crippen LogP contribution >= 0.6 is 15.9 Å². The molecule has 2 heterocycles. The molecule has 6 rings (SSSR count). The van der Waals surface area contributed by atoms with Gasteiger partial charge in [-0.05, 0) is 59.7 Å². The van der Waals surface area contributed by atoms with Gasteiger partial charge in [-0.25, -0.2) is 0 Å². The summed E-state index contributed by atoms with van der Waals surface area (Å²) in [6.45, 7) is 6.41. The van der Waals surface area contributed by atoms with Crippen LogP contribution in [0.3, 0.4) is 0 Å². The molecule has 2 saturated heterocycles. The van der Waals surface area contributed by atoms with E-state index in [0.29, 0.717) is 20.6 Å². The van der Waals surface area contributed by atoms with E-state index in [2.05, 4.69) is 31.5 Å². The summed E-state index contributed by atoms with van der Waals surface area (Å²) in [5.41, 5.74) is -0.219. The molecule has 0 unspecified atom stereocenters. The van der Waals surface area contributed by atoms with E-state index in [1.54, 1.807) is 48.5 Å². The number of rotatable bonds is 1. The summed E-state index contributed by atoms with van der Waals surface area (Å²) in [6, 6.07) is 18.6. The quantitative estimate of drug-likeness (QED) is 0.204. The lowest BCUT2D eigenvalue weighted by Gasteiger charge is -2.30. The minimum absolute atomic E-state index is 0.222. The van der Waals surface area contributed by atoms with Gasteiger partial charge in [-0.2, -0.15) is 26.3 Å². The van der Waals surface area contributed by atoms with Gasteiger partial charge in [0.2, 0.25) is 0 Å². The third kappa shape index (κ3) is 8.14. The summed E-state index contributed by atoms with van der Waals surface area (Å²) < 4.78 is 77.8. The first-order valence-electron chi connectivity index (χ1n) is 13.6. The number of anilines is 1. The minimum atomic E-state index is -4.31. The molecular formula is C31H32BrF6N3. The molecule has 10 heteroatoms. The van der Waals surface area contributed by atoms with E-state index in [1.165, 1.54) is 24.6 Å². The largest absolute Gasteiger partial charge is 0.417 e. The van der Waals surface area contributed by atoms with Gasteiger partial charge in [0.05, 0.1) is 11.1 Å². The van der Waals surface area contributed by atoms with Crippen molar-refractivity contribution in [3.63, 3.8) is 0 Å². The van der Waals surface area contributed by atoms with Crippen LogP contribution in [-0.2, 0) is 12.4 Å². The van der Waals surface area contributed by atoms with E-state index >= 15 is 0 Å². The Labute approximate surface area is 244 Å². The van der Waals surface area contributed by atoms with Gasteiger partial charge in [0.25, 0.3) is 0 Å². The number of fused-ring (bicyclic) bond motifs is 2. The van der Waals surface area contributed by atoms with Gasteiger partial charge in [-0.15, -0.1) is 0 Å². The maximum Gasteiger partial charge on any atom is 0.417 e. The average Bonchev–Trinajstić information content (AvgIpc) is 2.98. The third-order valence-corrected chi connectivity index (χ3v) is 7.73. The van der Waals surface area contributed by atoms with Crippen molar-refractivity contribution in [2.75, 3.05) is 44.2 Å². The first kappa shape index (κ1) is 31.1. The van der Waals surface area contributed by atoms with Crippen molar-refractivity contribution < 1.29 is 26.3 Å². The Bertz CT molecular complexity index is 1420. The van der Waals surface area contributed by atoms with E-state index in [-0.39, 0.29) is 5.39 Å². The third-order valence-electron chi connectivity index (χ3n) is 7.04. The van der Waals surface area contributed by atoms with Gasteiger partial charge in [0.1, 0.15) is 0 Å². The maximum absolute atomic E-state index is 13.1. The monoisotopic (exact) mass is 639 g/mol. The molecule has 3 nitrogen and oxygen atoms in total. The highest BCUT2D eigenvalue weighted by molar-refractivity contribution is 9.10. The van der Waals surface area contributed by atoms with Gasteiger partial charge < -0.3 is 15.5 Å². The number of halogens is 7. The zero-order valence-corrected chi connectivity index (χ0v) is 24.0. The van der Waals surface area contributed by atoms with Crippen LogP contribution in [-0.4, -0.2) is 39.3 Å². The van der Waals surface area contributed by atoms with Crippen LogP contribution < -0.4 is 15.5 Å². The van der Waals surface area contributed by atoms with Crippen LogP contribution in [0.5, 0.6) is 0 Å². The molecule has 0 saturated carbocycles. The molecule has 2 N–H and O–H groups in total. The summed E-state index contributed by atoms with van der Waals surface area (Å²) in [6.07, 6.45) is -5.19. The van der Waals surface area contributed by atoms with E-state index in [9.17, 15) is 26.3 Å². The molecule has 4 aromatic carbocycles. The smallest absolute Gasteiger partial charge is 0.371 e. The number of piperidine rings is 1. The summed E-state index contributed by atoms with van der Waals surface area (Å²) in [5.74, 6) is 0. The highest BCUT2D eigenvalue weighted by Gasteiger charge is 2.33. The number of piperazine rings is 1. The summed E-state index contributed by atoms with van der Waals surface area (Å²) in [7, 11) is 0. The van der Waals surface area contributed by atoms with Crippen molar-refractivity contribution >= 4 is 43.2 Å². The van der Waals surface area contributed by atoms with Crippen LogP contribution in [0.4, 0.5) is 32.0 Å². The molecule has 0 radical (unpaired) electrons. The number of nitrogens with one attached hydrogen (secondary N) is 2. The maximum atomic E-state index is 13.1. The highest BCUT2D eigenvalue weighted by atomic mass is 79.9. The molecule has 4 aromatic rings. The fraction of sp³-hybridized carbons (Fsp3) is 0.355. The second-order valence-corrected chi connectivity index (χ2v) is 10.7. The van der Waals surface area contributed by atoms with Gasteiger partial charge in [-0.1, -0.05) is 64.5 Å². The first-order chi connectivity index (χ1) is 19.6. The Morgan fingerprint density at radius 3 is 1.46 bits per heavy atom. The van der Waals surface area contributed by atoms with Crippen molar-refractivity contribution in [2.24, 2.45) is 0 Å². The van der Waals surface area contributed by atoms with Crippen molar-refractivity contribution in [1.82, 2.24) is 10.6 Å². The van der Waals surface area contributed by atoms with Crippen LogP contribution in [0.2, 0.25) is 0 Å². The molecule has 0 bridgehead atoms. The van der Waals surface area contributed by atoms with Crippen molar-refractivity contribution in [3.8, 4) is 0 Å². The van der Waals surface area contributed by atoms with Crippen LogP contribution in [0.15, 0.2) is 77.3 Å². The molecule has 0 atom stereocenters. The zero-order chi connectivity index (χ0) is 29.5.